The monoisotopic (exact) mass is 342 g/mol. The zero-order valence-corrected chi connectivity index (χ0v) is 15.3. The molecule has 0 unspecified atom stereocenters. The smallest absolute Gasteiger partial charge is 0.191 e. The summed E-state index contributed by atoms with van der Waals surface area (Å²) in [6, 6.07) is 10.9. The van der Waals surface area contributed by atoms with Gasteiger partial charge < -0.3 is 10.6 Å². The molecule has 3 rings (SSSR count). The lowest BCUT2D eigenvalue weighted by Gasteiger charge is -2.43. The number of hydrogen-bond donors (Lipinski definition) is 2. The summed E-state index contributed by atoms with van der Waals surface area (Å²) in [6.45, 7) is 3.83. The number of aromatic nitrogens is 1. The Hall–Kier alpha value is -1.88. The van der Waals surface area contributed by atoms with Gasteiger partial charge in [0.05, 0.1) is 10.7 Å². The summed E-state index contributed by atoms with van der Waals surface area (Å²) in [4.78, 5) is 8.86. The molecule has 24 heavy (non-hydrogen) atoms. The van der Waals surface area contributed by atoms with E-state index in [0.29, 0.717) is 0 Å². The Bertz CT molecular complexity index is 674. The van der Waals surface area contributed by atoms with E-state index in [-0.39, 0.29) is 5.41 Å². The average molecular weight is 343 g/mol. The minimum atomic E-state index is 0.269. The second-order valence-electron chi connectivity index (χ2n) is 6.46. The third-order valence-corrected chi connectivity index (χ3v) is 5.68. The number of benzene rings is 1. The van der Waals surface area contributed by atoms with Crippen molar-refractivity contribution in [3.8, 4) is 0 Å². The average Bonchev–Trinajstić information content (AvgIpc) is 2.98. The maximum Gasteiger partial charge on any atom is 0.191 e. The Morgan fingerprint density at radius 3 is 2.62 bits per heavy atom. The second kappa shape index (κ2) is 7.79. The molecule has 5 heteroatoms. The predicted molar refractivity (Wildman–Crippen MR) is 102 cm³/mol. The Balaban J connectivity index is 1.50. The summed E-state index contributed by atoms with van der Waals surface area (Å²) in [7, 11) is 1.83. The molecule has 0 radical (unpaired) electrons. The van der Waals surface area contributed by atoms with Crippen molar-refractivity contribution in [2.45, 2.75) is 38.0 Å². The number of nitrogens with zero attached hydrogens (tertiary/aromatic N) is 2. The number of rotatable bonds is 6. The van der Waals surface area contributed by atoms with Gasteiger partial charge in [-0.15, -0.1) is 11.3 Å². The number of guanidine groups is 1. The van der Waals surface area contributed by atoms with Gasteiger partial charge in [0.15, 0.2) is 5.96 Å². The highest BCUT2D eigenvalue weighted by molar-refractivity contribution is 7.09. The van der Waals surface area contributed by atoms with Crippen LogP contribution in [0.4, 0.5) is 0 Å². The van der Waals surface area contributed by atoms with Crippen molar-refractivity contribution in [1.82, 2.24) is 15.6 Å². The molecule has 1 fully saturated rings. The summed E-state index contributed by atoms with van der Waals surface area (Å²) in [5.41, 5.74) is 2.86. The molecule has 1 heterocycles. The van der Waals surface area contributed by atoms with Gasteiger partial charge in [0.2, 0.25) is 0 Å². The van der Waals surface area contributed by atoms with Crippen LogP contribution >= 0.6 is 11.3 Å². The van der Waals surface area contributed by atoms with E-state index in [4.69, 9.17) is 0 Å². The zero-order valence-electron chi connectivity index (χ0n) is 14.5. The van der Waals surface area contributed by atoms with E-state index in [2.05, 4.69) is 56.3 Å². The van der Waals surface area contributed by atoms with Crippen molar-refractivity contribution < 1.29 is 0 Å². The van der Waals surface area contributed by atoms with E-state index < -0.39 is 0 Å². The summed E-state index contributed by atoms with van der Waals surface area (Å²) >= 11 is 1.71. The van der Waals surface area contributed by atoms with Crippen LogP contribution in [-0.4, -0.2) is 31.1 Å². The Morgan fingerprint density at radius 2 is 2.04 bits per heavy atom. The van der Waals surface area contributed by atoms with Gasteiger partial charge in [0.25, 0.3) is 0 Å². The lowest BCUT2D eigenvalue weighted by molar-refractivity contribution is 0.244. The number of thiazole rings is 1. The molecular weight excluding hydrogens is 316 g/mol. The molecule has 0 spiro atoms. The van der Waals surface area contributed by atoms with Crippen molar-refractivity contribution >= 4 is 17.3 Å². The molecule has 1 aliphatic carbocycles. The molecule has 1 aliphatic rings. The first kappa shape index (κ1) is 17.0. The lowest BCUT2D eigenvalue weighted by atomic mass is 9.64. The van der Waals surface area contributed by atoms with E-state index in [9.17, 15) is 0 Å². The van der Waals surface area contributed by atoms with Crippen molar-refractivity contribution in [3.05, 3.63) is 52.0 Å². The maximum atomic E-state index is 4.50. The van der Waals surface area contributed by atoms with Crippen molar-refractivity contribution in [1.29, 1.82) is 0 Å². The fourth-order valence-electron chi connectivity index (χ4n) is 3.27. The molecule has 128 valence electrons. The molecule has 2 aromatic rings. The van der Waals surface area contributed by atoms with E-state index in [1.165, 1.54) is 24.8 Å². The van der Waals surface area contributed by atoms with Crippen LogP contribution < -0.4 is 10.6 Å². The van der Waals surface area contributed by atoms with Crippen LogP contribution in [-0.2, 0) is 11.8 Å². The highest BCUT2D eigenvalue weighted by Crippen LogP contribution is 2.43. The molecular formula is C19H26N4S. The largest absolute Gasteiger partial charge is 0.356 e. The molecule has 0 bridgehead atoms. The Labute approximate surface area is 148 Å². The fraction of sp³-hybridized carbons (Fsp3) is 0.474. The van der Waals surface area contributed by atoms with Crippen LogP contribution in [0.5, 0.6) is 0 Å². The lowest BCUT2D eigenvalue weighted by Crippen LogP contribution is -2.49. The van der Waals surface area contributed by atoms with Gasteiger partial charge in [-0.1, -0.05) is 36.8 Å². The van der Waals surface area contributed by atoms with Gasteiger partial charge in [-0.2, -0.15) is 0 Å². The third kappa shape index (κ3) is 3.96. The molecule has 2 N–H and O–H groups in total. The Morgan fingerprint density at radius 1 is 1.25 bits per heavy atom. The van der Waals surface area contributed by atoms with Gasteiger partial charge in [-0.3, -0.25) is 4.99 Å². The van der Waals surface area contributed by atoms with Crippen molar-refractivity contribution in [2.24, 2.45) is 4.99 Å². The van der Waals surface area contributed by atoms with E-state index in [1.54, 1.807) is 11.3 Å². The minimum Gasteiger partial charge on any atom is -0.356 e. The molecule has 1 aromatic carbocycles. The molecule has 1 aromatic heterocycles. The van der Waals surface area contributed by atoms with E-state index in [1.807, 2.05) is 14.0 Å². The SMILES string of the molecule is CN=C(NCCc1csc(C)n1)NCC1(c2ccccc2)CCC1. The van der Waals surface area contributed by atoms with Crippen molar-refractivity contribution in [3.63, 3.8) is 0 Å². The van der Waals surface area contributed by atoms with Crippen LogP contribution in [0.1, 0.15) is 35.5 Å². The number of aliphatic imine (C=N–C) groups is 1. The topological polar surface area (TPSA) is 49.3 Å². The summed E-state index contributed by atoms with van der Waals surface area (Å²) in [5, 5.41) is 10.2. The molecule has 4 nitrogen and oxygen atoms in total. The highest BCUT2D eigenvalue weighted by atomic mass is 32.1. The maximum absolute atomic E-state index is 4.50. The number of hydrogen-bond acceptors (Lipinski definition) is 3. The van der Waals surface area contributed by atoms with Gasteiger partial charge in [-0.05, 0) is 25.3 Å². The first-order valence-electron chi connectivity index (χ1n) is 8.63. The van der Waals surface area contributed by atoms with Gasteiger partial charge >= 0.3 is 0 Å². The first-order chi connectivity index (χ1) is 11.7. The fourth-order valence-corrected chi connectivity index (χ4v) is 3.92. The van der Waals surface area contributed by atoms with E-state index >= 15 is 0 Å². The van der Waals surface area contributed by atoms with Crippen LogP contribution in [0.3, 0.4) is 0 Å². The molecule has 0 aliphatic heterocycles. The number of nitrogens with one attached hydrogen (secondary N) is 2. The van der Waals surface area contributed by atoms with Gasteiger partial charge in [0.1, 0.15) is 0 Å². The molecule has 0 amide bonds. The second-order valence-corrected chi connectivity index (χ2v) is 7.52. The minimum absolute atomic E-state index is 0.269. The summed E-state index contributed by atoms with van der Waals surface area (Å²) in [6.07, 6.45) is 4.73. The van der Waals surface area contributed by atoms with Crippen LogP contribution in [0, 0.1) is 6.92 Å². The van der Waals surface area contributed by atoms with Crippen LogP contribution in [0.25, 0.3) is 0 Å². The predicted octanol–water partition coefficient (Wildman–Crippen LogP) is 3.28. The standard InChI is InChI=1S/C19H26N4S/c1-15-23-17(13-24-15)9-12-21-18(20-2)22-14-19(10-6-11-19)16-7-4-3-5-8-16/h3-5,7-8,13H,6,9-12,14H2,1-2H3,(H2,20,21,22). The molecule has 0 atom stereocenters. The Kier molecular flexibility index (Phi) is 5.51. The first-order valence-corrected chi connectivity index (χ1v) is 9.51. The van der Waals surface area contributed by atoms with Gasteiger partial charge in [-0.25, -0.2) is 4.98 Å². The van der Waals surface area contributed by atoms with Gasteiger partial charge in [0, 0.05) is 37.4 Å². The van der Waals surface area contributed by atoms with Crippen LogP contribution in [0.15, 0.2) is 40.7 Å². The molecule has 0 saturated heterocycles. The summed E-state index contributed by atoms with van der Waals surface area (Å²) in [5.74, 6) is 0.879. The highest BCUT2D eigenvalue weighted by Gasteiger charge is 2.38. The van der Waals surface area contributed by atoms with Crippen LogP contribution in [0.2, 0.25) is 0 Å². The number of aryl methyl sites for hydroxylation is 1. The normalized spacial score (nSPS) is 16.5. The quantitative estimate of drug-likeness (QED) is 0.626. The summed E-state index contributed by atoms with van der Waals surface area (Å²) < 4.78 is 0. The zero-order chi connectivity index (χ0) is 16.8. The van der Waals surface area contributed by atoms with Crippen molar-refractivity contribution in [2.75, 3.05) is 20.1 Å². The third-order valence-electron chi connectivity index (χ3n) is 4.85. The van der Waals surface area contributed by atoms with E-state index in [0.717, 1.165) is 36.2 Å². The molecule has 1 saturated carbocycles.